The number of hydrogen-bond donors (Lipinski definition) is 2. The minimum Gasteiger partial charge on any atom is -0.508 e. The summed E-state index contributed by atoms with van der Waals surface area (Å²) in [5, 5.41) is 38.0. The lowest BCUT2D eigenvalue weighted by Gasteiger charge is -1.97. The maximum absolute atomic E-state index is 10.7. The van der Waals surface area contributed by atoms with Gasteiger partial charge in [-0.3, -0.25) is 4.55 Å². The molecule has 0 bridgehead atoms. The Hall–Kier alpha value is -3.14. The van der Waals surface area contributed by atoms with E-state index in [0.29, 0.717) is 5.56 Å². The predicted molar refractivity (Wildman–Crippen MR) is 68.4 cm³/mol. The number of benzene rings is 1. The summed E-state index contributed by atoms with van der Waals surface area (Å²) in [6.07, 6.45) is 1.42. The number of hydrogen-bond acceptors (Lipinski definition) is 7. The van der Waals surface area contributed by atoms with Gasteiger partial charge in [0.05, 0.1) is 0 Å². The summed E-state index contributed by atoms with van der Waals surface area (Å²) in [5.41, 5.74) is -4.88. The zero-order chi connectivity index (χ0) is 18.7. The van der Waals surface area contributed by atoms with Gasteiger partial charge in [0, 0.05) is 10.8 Å². The molecule has 1 aromatic carbocycles. The molecule has 1 aromatic rings. The van der Waals surface area contributed by atoms with Crippen LogP contribution in [-0.2, 0) is 10.1 Å². The molecule has 12 heteroatoms. The van der Waals surface area contributed by atoms with Crippen LogP contribution in [0.25, 0.3) is 6.08 Å². The molecule has 8 nitrogen and oxygen atoms in total. The number of phenolic OH excluding ortho intramolecular Hbond substituents is 1. The molecule has 0 aliphatic heterocycles. The molecular formula is C11H7F3N4O4S. The van der Waals surface area contributed by atoms with Crippen LogP contribution < -0.4 is 0 Å². The standard InChI is InChI=1S/C10H6N2O.CHF3O3S.N2/c11-6-9(7-12)4-8-2-1-3-10(13)5-8;2-1(3,4)8(5,6)7;1-2/h1-5,13H;(H,5,6,7);. The number of aromatic hydroxyl groups is 1. The summed E-state index contributed by atoms with van der Waals surface area (Å²) in [4.78, 5) is 0. The second kappa shape index (κ2) is 9.73. The highest BCUT2D eigenvalue weighted by molar-refractivity contribution is 7.86. The lowest BCUT2D eigenvalue weighted by Crippen LogP contribution is -2.21. The Bertz CT molecular complexity index is 742. The zero-order valence-electron chi connectivity index (χ0n) is 10.9. The van der Waals surface area contributed by atoms with Crippen LogP contribution in [0.4, 0.5) is 13.2 Å². The number of alkyl halides is 3. The average molecular weight is 348 g/mol. The highest BCUT2D eigenvalue weighted by Crippen LogP contribution is 2.20. The summed E-state index contributed by atoms with van der Waals surface area (Å²) < 4.78 is 57.5. The third-order valence-electron chi connectivity index (χ3n) is 1.71. The molecule has 0 unspecified atom stereocenters. The molecule has 1 rings (SSSR count). The lowest BCUT2D eigenvalue weighted by atomic mass is 10.1. The van der Waals surface area contributed by atoms with Gasteiger partial charge in [-0.15, -0.1) is 0 Å². The molecule has 0 heterocycles. The second-order valence-electron chi connectivity index (χ2n) is 3.30. The first kappa shape index (κ1) is 22.1. The van der Waals surface area contributed by atoms with Crippen LogP contribution in [0.1, 0.15) is 5.56 Å². The van der Waals surface area contributed by atoms with Gasteiger partial charge in [-0.1, -0.05) is 12.1 Å². The van der Waals surface area contributed by atoms with Crippen molar-refractivity contribution in [2.24, 2.45) is 0 Å². The number of allylic oxidation sites excluding steroid dienone is 1. The number of nitrogens with zero attached hydrogens (tertiary/aromatic N) is 4. The van der Waals surface area contributed by atoms with E-state index in [1.165, 1.54) is 18.2 Å². The van der Waals surface area contributed by atoms with Gasteiger partial charge in [-0.2, -0.15) is 32.1 Å². The van der Waals surface area contributed by atoms with Gasteiger partial charge in [0.25, 0.3) is 0 Å². The fourth-order valence-electron chi connectivity index (χ4n) is 0.871. The Labute approximate surface area is 128 Å². The molecule has 23 heavy (non-hydrogen) atoms. The van der Waals surface area contributed by atoms with Crippen molar-refractivity contribution in [1.82, 2.24) is 0 Å². The highest BCUT2D eigenvalue weighted by Gasteiger charge is 2.44. The van der Waals surface area contributed by atoms with Crippen molar-refractivity contribution in [3.63, 3.8) is 0 Å². The average Bonchev–Trinajstić information content (AvgIpc) is 2.45. The molecule has 0 spiro atoms. The van der Waals surface area contributed by atoms with Crippen LogP contribution in [0.2, 0.25) is 0 Å². The summed E-state index contributed by atoms with van der Waals surface area (Å²) in [7, 11) is -5.84. The molecule has 0 radical (unpaired) electrons. The van der Waals surface area contributed by atoms with Gasteiger partial charge in [0.1, 0.15) is 23.5 Å². The largest absolute Gasteiger partial charge is 0.522 e. The molecule has 0 aliphatic carbocycles. The summed E-state index contributed by atoms with van der Waals surface area (Å²) in [6.45, 7) is 0. The van der Waals surface area contributed by atoms with E-state index in [4.69, 9.17) is 39.4 Å². The van der Waals surface area contributed by atoms with Crippen LogP contribution in [0.5, 0.6) is 5.75 Å². The number of rotatable bonds is 1. The van der Waals surface area contributed by atoms with E-state index in [-0.39, 0.29) is 11.3 Å². The monoisotopic (exact) mass is 348 g/mol. The molecule has 0 amide bonds. The van der Waals surface area contributed by atoms with E-state index in [9.17, 15) is 13.2 Å². The van der Waals surface area contributed by atoms with Crippen molar-refractivity contribution in [3.05, 3.63) is 35.4 Å². The van der Waals surface area contributed by atoms with Crippen molar-refractivity contribution in [2.75, 3.05) is 0 Å². The predicted octanol–water partition coefficient (Wildman–Crippen LogP) is 2.25. The van der Waals surface area contributed by atoms with Crippen LogP contribution in [0.15, 0.2) is 29.8 Å². The SMILES string of the molecule is N#CC(C#N)=Cc1cccc(O)c1.N#N.O=S(=O)(O)C(F)(F)F. The number of phenols is 1. The van der Waals surface area contributed by atoms with Gasteiger partial charge in [-0.25, -0.2) is 0 Å². The highest BCUT2D eigenvalue weighted by atomic mass is 32.2. The van der Waals surface area contributed by atoms with Crippen LogP contribution in [0, 0.1) is 33.4 Å². The quantitative estimate of drug-likeness (QED) is 0.337. The first-order valence-electron chi connectivity index (χ1n) is 5.06. The molecule has 0 atom stereocenters. The van der Waals surface area contributed by atoms with E-state index >= 15 is 0 Å². The topological polar surface area (TPSA) is 170 Å². The Morgan fingerprint density at radius 1 is 1.17 bits per heavy atom. The molecule has 0 saturated heterocycles. The summed E-state index contributed by atoms with van der Waals surface area (Å²) >= 11 is 0. The minimum absolute atomic E-state index is 0.0191. The van der Waals surface area contributed by atoms with Crippen LogP contribution in [0.3, 0.4) is 0 Å². The first-order chi connectivity index (χ1) is 10.5. The van der Waals surface area contributed by atoms with E-state index in [1.54, 1.807) is 24.3 Å². The van der Waals surface area contributed by atoms with Crippen molar-refractivity contribution in [2.45, 2.75) is 5.51 Å². The minimum atomic E-state index is -5.84. The number of nitriles is 2. The van der Waals surface area contributed by atoms with Crippen molar-refractivity contribution >= 4 is 16.2 Å². The molecule has 122 valence electrons. The van der Waals surface area contributed by atoms with E-state index < -0.39 is 15.6 Å². The Kier molecular flexibility index (Phi) is 9.37. The molecule has 0 aliphatic rings. The van der Waals surface area contributed by atoms with E-state index in [1.807, 2.05) is 0 Å². The van der Waals surface area contributed by atoms with Gasteiger partial charge in [-0.05, 0) is 23.8 Å². The second-order valence-corrected chi connectivity index (χ2v) is 4.71. The van der Waals surface area contributed by atoms with E-state index in [0.717, 1.165) is 0 Å². The maximum atomic E-state index is 10.7. The van der Waals surface area contributed by atoms with Crippen LogP contribution in [-0.4, -0.2) is 23.6 Å². The summed E-state index contributed by atoms with van der Waals surface area (Å²) in [6, 6.07) is 9.83. The Morgan fingerprint density at radius 3 is 1.91 bits per heavy atom. The Morgan fingerprint density at radius 2 is 1.61 bits per heavy atom. The molecule has 0 fully saturated rings. The third kappa shape index (κ3) is 9.42. The smallest absolute Gasteiger partial charge is 0.508 e. The van der Waals surface area contributed by atoms with Crippen LogP contribution >= 0.6 is 0 Å². The van der Waals surface area contributed by atoms with Crippen molar-refractivity contribution in [3.8, 4) is 17.9 Å². The van der Waals surface area contributed by atoms with Gasteiger partial charge in [0.15, 0.2) is 0 Å². The maximum Gasteiger partial charge on any atom is 0.522 e. The molecule has 0 saturated carbocycles. The fraction of sp³-hybridized carbons (Fsp3) is 0.0909. The van der Waals surface area contributed by atoms with Gasteiger partial charge >= 0.3 is 15.6 Å². The third-order valence-corrected chi connectivity index (χ3v) is 2.30. The number of halogens is 3. The normalized spacial score (nSPS) is 9.57. The molecule has 0 aromatic heterocycles. The fourth-order valence-corrected chi connectivity index (χ4v) is 0.871. The Balaban J connectivity index is 0. The first-order valence-corrected chi connectivity index (χ1v) is 6.50. The molecular weight excluding hydrogens is 341 g/mol. The zero-order valence-corrected chi connectivity index (χ0v) is 11.7. The van der Waals surface area contributed by atoms with E-state index in [2.05, 4.69) is 0 Å². The lowest BCUT2D eigenvalue weighted by molar-refractivity contribution is -0.0510. The van der Waals surface area contributed by atoms with Gasteiger partial charge in [0.2, 0.25) is 0 Å². The van der Waals surface area contributed by atoms with Gasteiger partial charge < -0.3 is 5.11 Å². The summed E-state index contributed by atoms with van der Waals surface area (Å²) in [5.74, 6) is 0.115. The van der Waals surface area contributed by atoms with Crippen molar-refractivity contribution < 1.29 is 31.2 Å². The molecule has 2 N–H and O–H groups in total. The van der Waals surface area contributed by atoms with Crippen molar-refractivity contribution in [1.29, 1.82) is 21.3 Å².